The highest BCUT2D eigenvalue weighted by Crippen LogP contribution is 2.11. The van der Waals surface area contributed by atoms with Crippen LogP contribution in [0.4, 0.5) is 0 Å². The van der Waals surface area contributed by atoms with Crippen LogP contribution in [-0.4, -0.2) is 43.0 Å². The average molecular weight is 223 g/mol. The maximum atomic E-state index is 5.62. The predicted octanol–water partition coefficient (Wildman–Crippen LogP) is 0.876. The van der Waals surface area contributed by atoms with Gasteiger partial charge in [0.25, 0.3) is 0 Å². The lowest BCUT2D eigenvalue weighted by Crippen LogP contribution is -2.28. The summed E-state index contributed by atoms with van der Waals surface area (Å²) in [7, 11) is 2.18. The molecule has 0 bridgehead atoms. The molecule has 0 radical (unpaired) electrons. The zero-order chi connectivity index (χ0) is 11.4. The topological polar surface area (TPSA) is 45.6 Å². The van der Waals surface area contributed by atoms with Gasteiger partial charge in [-0.1, -0.05) is 0 Å². The SMILES string of the molecule is CN1CCCN(Cc2ccc(CN)o2)CC1. The highest BCUT2D eigenvalue weighted by molar-refractivity contribution is 5.06. The van der Waals surface area contributed by atoms with E-state index in [0.717, 1.165) is 37.7 Å². The molecule has 1 aliphatic heterocycles. The third kappa shape index (κ3) is 3.07. The summed E-state index contributed by atoms with van der Waals surface area (Å²) >= 11 is 0. The lowest BCUT2D eigenvalue weighted by molar-refractivity contribution is 0.246. The fraction of sp³-hybridized carbons (Fsp3) is 0.667. The van der Waals surface area contributed by atoms with Crippen LogP contribution in [0.5, 0.6) is 0 Å². The molecule has 2 heterocycles. The molecule has 0 spiro atoms. The molecule has 1 fully saturated rings. The van der Waals surface area contributed by atoms with Crippen molar-refractivity contribution in [3.63, 3.8) is 0 Å². The number of rotatable bonds is 3. The predicted molar refractivity (Wildman–Crippen MR) is 64.0 cm³/mol. The quantitative estimate of drug-likeness (QED) is 0.826. The highest BCUT2D eigenvalue weighted by Gasteiger charge is 2.13. The van der Waals surface area contributed by atoms with Crippen molar-refractivity contribution in [2.45, 2.75) is 19.5 Å². The van der Waals surface area contributed by atoms with E-state index in [0.29, 0.717) is 6.54 Å². The van der Waals surface area contributed by atoms with Crippen LogP contribution in [0, 0.1) is 0 Å². The van der Waals surface area contributed by atoms with E-state index in [1.54, 1.807) is 0 Å². The van der Waals surface area contributed by atoms with Gasteiger partial charge in [-0.15, -0.1) is 0 Å². The number of furan rings is 1. The molecule has 1 saturated heterocycles. The molecular formula is C12H21N3O. The second-order valence-electron chi connectivity index (χ2n) is 4.51. The van der Waals surface area contributed by atoms with E-state index in [1.807, 2.05) is 12.1 Å². The molecule has 0 saturated carbocycles. The van der Waals surface area contributed by atoms with E-state index in [4.69, 9.17) is 10.2 Å². The van der Waals surface area contributed by atoms with Crippen molar-refractivity contribution in [1.82, 2.24) is 9.80 Å². The van der Waals surface area contributed by atoms with Crippen LogP contribution in [0.3, 0.4) is 0 Å². The average Bonchev–Trinajstić information content (AvgIpc) is 2.63. The van der Waals surface area contributed by atoms with Crippen molar-refractivity contribution in [1.29, 1.82) is 0 Å². The molecule has 0 unspecified atom stereocenters. The van der Waals surface area contributed by atoms with Crippen molar-refractivity contribution in [3.8, 4) is 0 Å². The normalized spacial score (nSPS) is 19.9. The van der Waals surface area contributed by atoms with Crippen molar-refractivity contribution in [2.24, 2.45) is 5.73 Å². The van der Waals surface area contributed by atoms with Crippen molar-refractivity contribution < 1.29 is 4.42 Å². The van der Waals surface area contributed by atoms with Crippen molar-refractivity contribution in [2.75, 3.05) is 33.2 Å². The van der Waals surface area contributed by atoms with Gasteiger partial charge in [-0.3, -0.25) is 4.90 Å². The summed E-state index contributed by atoms with van der Waals surface area (Å²) in [4.78, 5) is 4.83. The van der Waals surface area contributed by atoms with Crippen LogP contribution < -0.4 is 5.73 Å². The summed E-state index contributed by atoms with van der Waals surface area (Å²) in [5.74, 6) is 1.91. The van der Waals surface area contributed by atoms with Gasteiger partial charge >= 0.3 is 0 Å². The van der Waals surface area contributed by atoms with E-state index in [-0.39, 0.29) is 0 Å². The summed E-state index contributed by atoms with van der Waals surface area (Å²) in [6.07, 6.45) is 1.24. The van der Waals surface area contributed by atoms with E-state index in [9.17, 15) is 0 Å². The molecule has 1 aliphatic rings. The third-order valence-corrected chi connectivity index (χ3v) is 3.11. The van der Waals surface area contributed by atoms with Crippen LogP contribution in [0.25, 0.3) is 0 Å². The Hall–Kier alpha value is -0.840. The molecule has 0 atom stereocenters. The molecule has 1 aromatic rings. The largest absolute Gasteiger partial charge is 0.463 e. The van der Waals surface area contributed by atoms with E-state index in [2.05, 4.69) is 16.8 Å². The minimum absolute atomic E-state index is 0.489. The Balaban J connectivity index is 1.88. The summed E-state index contributed by atoms with van der Waals surface area (Å²) in [5, 5.41) is 0. The fourth-order valence-corrected chi connectivity index (χ4v) is 2.10. The molecule has 2 rings (SSSR count). The van der Waals surface area contributed by atoms with Crippen LogP contribution in [0.1, 0.15) is 17.9 Å². The van der Waals surface area contributed by atoms with E-state index in [1.165, 1.54) is 13.0 Å². The Kier molecular flexibility index (Phi) is 3.98. The number of likely N-dealkylation sites (N-methyl/N-ethyl adjacent to an activating group) is 1. The molecule has 0 aliphatic carbocycles. The number of hydrogen-bond acceptors (Lipinski definition) is 4. The Bertz CT molecular complexity index is 324. The van der Waals surface area contributed by atoms with E-state index >= 15 is 0 Å². The second-order valence-corrected chi connectivity index (χ2v) is 4.51. The van der Waals surface area contributed by atoms with Gasteiger partial charge in [-0.05, 0) is 38.7 Å². The number of hydrogen-bond donors (Lipinski definition) is 1. The molecule has 2 N–H and O–H groups in total. The molecule has 1 aromatic heterocycles. The van der Waals surface area contributed by atoms with Gasteiger partial charge in [0.05, 0.1) is 13.1 Å². The first kappa shape index (κ1) is 11.6. The highest BCUT2D eigenvalue weighted by atomic mass is 16.3. The van der Waals surface area contributed by atoms with Gasteiger partial charge in [0, 0.05) is 13.1 Å². The maximum absolute atomic E-state index is 5.62. The minimum Gasteiger partial charge on any atom is -0.463 e. The lowest BCUT2D eigenvalue weighted by atomic mass is 10.3. The standard InChI is InChI=1S/C12H21N3O/c1-14-5-2-6-15(8-7-14)10-12-4-3-11(9-13)16-12/h3-4H,2,5-10,13H2,1H3. The van der Waals surface area contributed by atoms with Crippen LogP contribution >= 0.6 is 0 Å². The molecule has 0 amide bonds. The number of nitrogens with two attached hydrogens (primary N) is 1. The Morgan fingerprint density at radius 2 is 2.00 bits per heavy atom. The van der Waals surface area contributed by atoms with Gasteiger partial charge < -0.3 is 15.1 Å². The minimum atomic E-state index is 0.489. The third-order valence-electron chi connectivity index (χ3n) is 3.11. The Labute approximate surface area is 97.0 Å². The van der Waals surface area contributed by atoms with Gasteiger partial charge in [0.1, 0.15) is 11.5 Å². The van der Waals surface area contributed by atoms with Gasteiger partial charge in [0.15, 0.2) is 0 Å². The zero-order valence-corrected chi connectivity index (χ0v) is 9.98. The molecule has 90 valence electrons. The first-order chi connectivity index (χ1) is 7.78. The van der Waals surface area contributed by atoms with Gasteiger partial charge in [-0.25, -0.2) is 0 Å². The van der Waals surface area contributed by atoms with Crippen molar-refractivity contribution in [3.05, 3.63) is 23.7 Å². The second kappa shape index (κ2) is 5.48. The molecule has 0 aromatic carbocycles. The zero-order valence-electron chi connectivity index (χ0n) is 9.98. The van der Waals surface area contributed by atoms with E-state index < -0.39 is 0 Å². The van der Waals surface area contributed by atoms with Crippen LogP contribution in [0.15, 0.2) is 16.5 Å². The smallest absolute Gasteiger partial charge is 0.118 e. The van der Waals surface area contributed by atoms with Gasteiger partial charge in [0.2, 0.25) is 0 Å². The summed E-state index contributed by atoms with van der Waals surface area (Å²) in [5.41, 5.74) is 5.53. The summed E-state index contributed by atoms with van der Waals surface area (Å²) in [6.45, 7) is 6.02. The van der Waals surface area contributed by atoms with Gasteiger partial charge in [-0.2, -0.15) is 0 Å². The van der Waals surface area contributed by atoms with Crippen LogP contribution in [0.2, 0.25) is 0 Å². The monoisotopic (exact) mass is 223 g/mol. The summed E-state index contributed by atoms with van der Waals surface area (Å²) in [6, 6.07) is 4.01. The first-order valence-electron chi connectivity index (χ1n) is 5.96. The molecule has 4 heteroatoms. The molecular weight excluding hydrogens is 202 g/mol. The number of nitrogens with zero attached hydrogens (tertiary/aromatic N) is 2. The summed E-state index contributed by atoms with van der Waals surface area (Å²) < 4.78 is 5.62. The molecule has 4 nitrogen and oxygen atoms in total. The van der Waals surface area contributed by atoms with Crippen molar-refractivity contribution >= 4 is 0 Å². The first-order valence-corrected chi connectivity index (χ1v) is 5.96. The lowest BCUT2D eigenvalue weighted by Gasteiger charge is -2.18. The molecule has 16 heavy (non-hydrogen) atoms. The van der Waals surface area contributed by atoms with Crippen LogP contribution in [-0.2, 0) is 13.1 Å². The Morgan fingerprint density at radius 1 is 1.19 bits per heavy atom. The Morgan fingerprint density at radius 3 is 2.75 bits per heavy atom. The fourth-order valence-electron chi connectivity index (χ4n) is 2.10. The maximum Gasteiger partial charge on any atom is 0.118 e.